The molecule has 40 heavy (non-hydrogen) atoms. The summed E-state index contributed by atoms with van der Waals surface area (Å²) in [4.78, 5) is 45.9. The molecule has 12 heteroatoms. The molecule has 1 aliphatic heterocycles. The van der Waals surface area contributed by atoms with Crippen LogP contribution >= 0.6 is 11.6 Å². The number of aromatic nitrogens is 6. The molecule has 4 heterocycles. The maximum absolute atomic E-state index is 13.2. The highest BCUT2D eigenvalue weighted by atomic mass is 35.5. The Bertz CT molecular complexity index is 1600. The number of H-pyrrole nitrogens is 1. The number of anilines is 1. The van der Waals surface area contributed by atoms with Gasteiger partial charge in [0.2, 0.25) is 23.5 Å². The minimum absolute atomic E-state index is 0.0598. The van der Waals surface area contributed by atoms with Crippen LogP contribution in [-0.2, 0) is 11.3 Å². The summed E-state index contributed by atoms with van der Waals surface area (Å²) in [5.74, 6) is 1.60. The van der Waals surface area contributed by atoms with E-state index in [1.807, 2.05) is 24.3 Å². The number of likely N-dealkylation sites (N-methyl/N-ethyl adjacent to an activating group) is 1. The largest absolute Gasteiger partial charge is 0.439 e. The van der Waals surface area contributed by atoms with Crippen LogP contribution in [0.2, 0.25) is 5.02 Å². The molecule has 1 atom stereocenters. The number of amides is 1. The van der Waals surface area contributed by atoms with E-state index in [2.05, 4.69) is 26.5 Å². The monoisotopic (exact) mass is 564 g/mol. The van der Waals surface area contributed by atoms with Crippen molar-refractivity contribution in [2.45, 2.75) is 58.0 Å². The molecule has 210 valence electrons. The van der Waals surface area contributed by atoms with Crippen molar-refractivity contribution >= 4 is 34.6 Å². The van der Waals surface area contributed by atoms with Crippen LogP contribution in [0.3, 0.4) is 0 Å². The number of carbonyl (C=O) groups is 1. The fourth-order valence-corrected chi connectivity index (χ4v) is 6.21. The summed E-state index contributed by atoms with van der Waals surface area (Å²) in [7, 11) is 3.58. The van der Waals surface area contributed by atoms with E-state index in [1.165, 1.54) is 12.8 Å². The number of imidazole rings is 1. The molecule has 1 saturated carbocycles. The third-order valence-corrected chi connectivity index (χ3v) is 8.38. The molecule has 3 aromatic heterocycles. The number of benzene rings is 1. The van der Waals surface area contributed by atoms with Gasteiger partial charge >= 0.3 is 5.76 Å². The highest BCUT2D eigenvalue weighted by Gasteiger charge is 2.36. The summed E-state index contributed by atoms with van der Waals surface area (Å²) in [5, 5.41) is 4.39. The zero-order valence-corrected chi connectivity index (χ0v) is 23.7. The molecule has 0 bridgehead atoms. The molecule has 4 aromatic rings. The van der Waals surface area contributed by atoms with Crippen molar-refractivity contribution in [1.29, 1.82) is 0 Å². The number of halogens is 1. The molecule has 1 N–H and O–H groups in total. The average Bonchev–Trinajstić information content (AvgIpc) is 3.67. The van der Waals surface area contributed by atoms with Gasteiger partial charge in [0.15, 0.2) is 5.65 Å². The van der Waals surface area contributed by atoms with Crippen molar-refractivity contribution in [2.24, 2.45) is 11.8 Å². The second-order valence-electron chi connectivity index (χ2n) is 11.3. The molecular formula is C28H33ClN8O3. The number of aromatic amines is 1. The lowest BCUT2D eigenvalue weighted by Crippen LogP contribution is -2.44. The molecule has 1 aliphatic carbocycles. The first kappa shape index (κ1) is 26.5. The summed E-state index contributed by atoms with van der Waals surface area (Å²) in [6.45, 7) is 3.78. The topological polar surface area (TPSA) is 126 Å². The Hall–Kier alpha value is -3.73. The maximum atomic E-state index is 13.2. The molecule has 1 saturated heterocycles. The van der Waals surface area contributed by atoms with Crippen molar-refractivity contribution in [1.82, 2.24) is 34.6 Å². The third-order valence-electron chi connectivity index (χ3n) is 8.14. The van der Waals surface area contributed by atoms with Gasteiger partial charge in [-0.3, -0.25) is 14.3 Å². The number of carbonyl (C=O) groups excluding carboxylic acids is 1. The number of rotatable bonds is 6. The van der Waals surface area contributed by atoms with Crippen molar-refractivity contribution in [3.8, 4) is 22.9 Å². The lowest BCUT2D eigenvalue weighted by molar-refractivity contribution is -0.129. The van der Waals surface area contributed by atoms with Crippen LogP contribution in [0.5, 0.6) is 0 Å². The fourth-order valence-electron chi connectivity index (χ4n) is 6.02. The first-order valence-electron chi connectivity index (χ1n) is 13.9. The Morgan fingerprint density at radius 3 is 2.65 bits per heavy atom. The van der Waals surface area contributed by atoms with Gasteiger partial charge < -0.3 is 14.4 Å². The molecule has 0 radical (unpaired) electrons. The minimum Gasteiger partial charge on any atom is -0.347 e. The molecule has 11 nitrogen and oxygen atoms in total. The standard InChI is InChI=1S/C28H33ClN8O3/c1-16-9-11-17(12-10-16)15-37-22-21(18-6-4-7-19(29)14-18)30-24(25-33-28(39)40-34-25)31-23(22)32-27(37)36-13-5-8-20(36)26(38)35(2)3/h4,6-7,14,16-17,20H,5,8-13,15H2,1-3H3,(H,33,34,39)/t16?,17?,20-/m0/s1. The first-order chi connectivity index (χ1) is 19.3. The Morgan fingerprint density at radius 1 is 1.15 bits per heavy atom. The summed E-state index contributed by atoms with van der Waals surface area (Å²) in [6, 6.07) is 7.18. The van der Waals surface area contributed by atoms with Gasteiger partial charge in [-0.15, -0.1) is 0 Å². The summed E-state index contributed by atoms with van der Waals surface area (Å²) < 4.78 is 6.95. The van der Waals surface area contributed by atoms with Gasteiger partial charge in [0.25, 0.3) is 0 Å². The van der Waals surface area contributed by atoms with E-state index in [9.17, 15) is 9.59 Å². The predicted molar refractivity (Wildman–Crippen MR) is 152 cm³/mol. The van der Waals surface area contributed by atoms with Crippen LogP contribution < -0.4 is 10.7 Å². The Balaban J connectivity index is 1.58. The molecule has 2 fully saturated rings. The van der Waals surface area contributed by atoms with Gasteiger partial charge in [-0.25, -0.2) is 14.8 Å². The van der Waals surface area contributed by atoms with Gasteiger partial charge in [0.05, 0.1) is 0 Å². The zero-order valence-electron chi connectivity index (χ0n) is 22.9. The van der Waals surface area contributed by atoms with Crippen LogP contribution in [0.1, 0.15) is 45.4 Å². The van der Waals surface area contributed by atoms with Crippen LogP contribution in [-0.4, -0.2) is 67.1 Å². The van der Waals surface area contributed by atoms with E-state index in [0.29, 0.717) is 22.3 Å². The molecule has 2 aliphatic rings. The average molecular weight is 565 g/mol. The smallest absolute Gasteiger partial charge is 0.347 e. The number of hydrogen-bond donors (Lipinski definition) is 1. The van der Waals surface area contributed by atoms with E-state index in [4.69, 9.17) is 31.1 Å². The molecule has 0 unspecified atom stereocenters. The lowest BCUT2D eigenvalue weighted by atomic mass is 9.83. The van der Waals surface area contributed by atoms with Gasteiger partial charge in [-0.05, 0) is 49.7 Å². The summed E-state index contributed by atoms with van der Waals surface area (Å²) in [5.41, 5.74) is 2.66. The highest BCUT2D eigenvalue weighted by Crippen LogP contribution is 2.38. The van der Waals surface area contributed by atoms with Gasteiger partial charge in [-0.1, -0.05) is 48.7 Å². The summed E-state index contributed by atoms with van der Waals surface area (Å²) >= 11 is 6.42. The van der Waals surface area contributed by atoms with Crippen molar-refractivity contribution in [2.75, 3.05) is 25.5 Å². The van der Waals surface area contributed by atoms with Gasteiger partial charge in [0.1, 0.15) is 17.3 Å². The molecule has 1 aromatic carbocycles. The minimum atomic E-state index is -0.692. The van der Waals surface area contributed by atoms with Crippen molar-refractivity contribution in [3.63, 3.8) is 0 Å². The number of hydrogen-bond acceptors (Lipinski definition) is 8. The Labute approximate surface area is 236 Å². The summed E-state index contributed by atoms with van der Waals surface area (Å²) in [6.07, 6.45) is 6.31. The molecule has 0 spiro atoms. The number of nitrogens with one attached hydrogen (secondary N) is 1. The lowest BCUT2D eigenvalue weighted by Gasteiger charge is -2.30. The Kier molecular flexibility index (Phi) is 7.07. The van der Waals surface area contributed by atoms with E-state index >= 15 is 0 Å². The maximum Gasteiger partial charge on any atom is 0.439 e. The predicted octanol–water partition coefficient (Wildman–Crippen LogP) is 4.37. The van der Waals surface area contributed by atoms with Crippen LogP contribution in [0.4, 0.5) is 5.95 Å². The normalized spacial score (nSPS) is 21.3. The van der Waals surface area contributed by atoms with Crippen LogP contribution in [0, 0.1) is 11.8 Å². The van der Waals surface area contributed by atoms with E-state index < -0.39 is 5.76 Å². The van der Waals surface area contributed by atoms with Crippen LogP contribution in [0.15, 0.2) is 33.6 Å². The second-order valence-corrected chi connectivity index (χ2v) is 11.7. The molecule has 6 rings (SSSR count). The molecular weight excluding hydrogens is 532 g/mol. The number of nitrogens with zero attached hydrogens (tertiary/aromatic N) is 7. The fraction of sp³-hybridized carbons (Fsp3) is 0.500. The van der Waals surface area contributed by atoms with Gasteiger partial charge in [-0.2, -0.15) is 4.98 Å². The Morgan fingerprint density at radius 2 is 1.95 bits per heavy atom. The van der Waals surface area contributed by atoms with E-state index in [-0.39, 0.29) is 23.6 Å². The van der Waals surface area contributed by atoms with Crippen molar-refractivity contribution < 1.29 is 9.32 Å². The highest BCUT2D eigenvalue weighted by molar-refractivity contribution is 6.30. The quantitative estimate of drug-likeness (QED) is 0.366. The van der Waals surface area contributed by atoms with Crippen molar-refractivity contribution in [3.05, 3.63) is 39.8 Å². The number of fused-ring (bicyclic) bond motifs is 1. The van der Waals surface area contributed by atoms with E-state index in [0.717, 1.165) is 61.7 Å². The second kappa shape index (κ2) is 10.7. The SMILES string of the molecule is CC1CCC(Cn2c(N3CCC[C@H]3C(=O)N(C)C)nc3nc(-c4noc(=O)[nH]4)nc(-c4cccc(Cl)c4)c32)CC1. The van der Waals surface area contributed by atoms with E-state index in [1.54, 1.807) is 19.0 Å². The first-order valence-corrected chi connectivity index (χ1v) is 14.2. The zero-order chi connectivity index (χ0) is 28.0. The third kappa shape index (κ3) is 4.98. The molecule has 1 amide bonds. The van der Waals surface area contributed by atoms with Gasteiger partial charge in [0, 0.05) is 37.8 Å². The van der Waals surface area contributed by atoms with Crippen LogP contribution in [0.25, 0.3) is 34.1 Å².